The fourth-order valence-electron chi connectivity index (χ4n) is 2.48. The van der Waals surface area contributed by atoms with Crippen LogP contribution in [0, 0.1) is 5.92 Å². The Labute approximate surface area is 117 Å². The maximum atomic E-state index is 12.6. The number of amides is 1. The van der Waals surface area contributed by atoms with Gasteiger partial charge >= 0.3 is 0 Å². The van der Waals surface area contributed by atoms with Gasteiger partial charge in [0.05, 0.1) is 17.2 Å². The average Bonchev–Trinajstić information content (AvgIpc) is 3.13. The van der Waals surface area contributed by atoms with Gasteiger partial charge in [0.25, 0.3) is 5.91 Å². The third-order valence-corrected chi connectivity index (χ3v) is 4.06. The topological polar surface area (TPSA) is 42.4 Å². The smallest absolute Gasteiger partial charge is 0.257 e. The minimum absolute atomic E-state index is 0.00694. The first-order chi connectivity index (χ1) is 9.25. The van der Waals surface area contributed by atoms with Crippen LogP contribution in [-0.4, -0.2) is 41.6 Å². The monoisotopic (exact) mass is 280 g/mol. The number of hydrogen-bond acceptors (Lipinski definition) is 3. The summed E-state index contributed by atoms with van der Waals surface area (Å²) in [5.74, 6) is 0.465. The van der Waals surface area contributed by atoms with Crippen molar-refractivity contribution >= 4 is 17.5 Å². The van der Waals surface area contributed by atoms with Crippen LogP contribution in [0.3, 0.4) is 0 Å². The molecule has 4 nitrogen and oxygen atoms in total. The van der Waals surface area contributed by atoms with Crippen LogP contribution in [0.4, 0.5) is 0 Å². The first-order valence-corrected chi connectivity index (χ1v) is 7.11. The van der Waals surface area contributed by atoms with Gasteiger partial charge in [-0.15, -0.1) is 0 Å². The Morgan fingerprint density at radius 2 is 2.32 bits per heavy atom. The molecule has 0 N–H and O–H groups in total. The highest BCUT2D eigenvalue weighted by molar-refractivity contribution is 6.33. The summed E-state index contributed by atoms with van der Waals surface area (Å²) in [6.45, 7) is 2.34. The Bertz CT molecular complexity index is 470. The quantitative estimate of drug-likeness (QED) is 0.850. The molecule has 19 heavy (non-hydrogen) atoms. The summed E-state index contributed by atoms with van der Waals surface area (Å²) in [6.07, 6.45) is 6.39. The van der Waals surface area contributed by atoms with E-state index in [9.17, 15) is 4.79 Å². The van der Waals surface area contributed by atoms with Crippen molar-refractivity contribution in [2.75, 3.05) is 19.8 Å². The molecule has 0 bridgehead atoms. The standard InChI is InChI=1S/C14H17ClN2O2/c15-13-3-5-16-7-12(13)14(18)17(11-1-2-11)8-10-4-6-19-9-10/h3,5,7,10-11H,1-2,4,6,8-9H2. The molecule has 1 aliphatic carbocycles. The summed E-state index contributed by atoms with van der Waals surface area (Å²) in [5, 5.41) is 0.480. The van der Waals surface area contributed by atoms with E-state index in [2.05, 4.69) is 4.98 Å². The molecule has 1 atom stereocenters. The molecule has 0 spiro atoms. The highest BCUT2D eigenvalue weighted by Crippen LogP contribution is 2.31. The molecule has 2 heterocycles. The van der Waals surface area contributed by atoms with Gasteiger partial charge in [0.1, 0.15) is 0 Å². The molecule has 102 valence electrons. The van der Waals surface area contributed by atoms with Gasteiger partial charge in [0.15, 0.2) is 0 Å². The summed E-state index contributed by atoms with van der Waals surface area (Å²) in [7, 11) is 0. The van der Waals surface area contributed by atoms with Gasteiger partial charge in [-0.1, -0.05) is 11.6 Å². The van der Waals surface area contributed by atoms with Crippen molar-refractivity contribution < 1.29 is 9.53 Å². The number of halogens is 1. The van der Waals surface area contributed by atoms with E-state index in [1.807, 2.05) is 4.90 Å². The van der Waals surface area contributed by atoms with Gasteiger partial charge in [0.2, 0.25) is 0 Å². The molecule has 2 fully saturated rings. The maximum absolute atomic E-state index is 12.6. The minimum Gasteiger partial charge on any atom is -0.381 e. The number of aromatic nitrogens is 1. The van der Waals surface area contributed by atoms with Gasteiger partial charge in [-0.2, -0.15) is 0 Å². The second-order valence-corrected chi connectivity index (χ2v) is 5.68. The molecule has 0 aromatic carbocycles. The predicted molar refractivity (Wildman–Crippen MR) is 72.2 cm³/mol. The molecule has 1 aromatic rings. The summed E-state index contributed by atoms with van der Waals surface area (Å²) in [4.78, 5) is 18.6. The molecule has 1 unspecified atom stereocenters. The second-order valence-electron chi connectivity index (χ2n) is 5.27. The van der Waals surface area contributed by atoms with Crippen LogP contribution in [0.5, 0.6) is 0 Å². The van der Waals surface area contributed by atoms with E-state index >= 15 is 0 Å². The van der Waals surface area contributed by atoms with Crippen LogP contribution in [0.25, 0.3) is 0 Å². The minimum atomic E-state index is 0.00694. The number of carbonyl (C=O) groups is 1. The summed E-state index contributed by atoms with van der Waals surface area (Å²) >= 11 is 6.09. The zero-order chi connectivity index (χ0) is 13.2. The van der Waals surface area contributed by atoms with Crippen molar-refractivity contribution in [1.82, 2.24) is 9.88 Å². The molecular weight excluding hydrogens is 264 g/mol. The first kappa shape index (κ1) is 12.9. The van der Waals surface area contributed by atoms with Crippen LogP contribution in [0.15, 0.2) is 18.5 Å². The molecule has 1 saturated heterocycles. The van der Waals surface area contributed by atoms with E-state index in [0.29, 0.717) is 22.5 Å². The largest absolute Gasteiger partial charge is 0.381 e. The zero-order valence-corrected chi connectivity index (χ0v) is 11.5. The lowest BCUT2D eigenvalue weighted by Gasteiger charge is -2.25. The Hall–Kier alpha value is -1.13. The summed E-state index contributed by atoms with van der Waals surface area (Å²) in [5.41, 5.74) is 0.509. The molecule has 3 rings (SSSR count). The van der Waals surface area contributed by atoms with Gasteiger partial charge in [-0.25, -0.2) is 0 Å². The molecular formula is C14H17ClN2O2. The average molecular weight is 281 g/mol. The number of carbonyl (C=O) groups excluding carboxylic acids is 1. The second kappa shape index (κ2) is 5.47. The normalized spacial score (nSPS) is 22.5. The van der Waals surface area contributed by atoms with Crippen LogP contribution < -0.4 is 0 Å². The third-order valence-electron chi connectivity index (χ3n) is 3.73. The zero-order valence-electron chi connectivity index (χ0n) is 10.7. The van der Waals surface area contributed by atoms with Crippen LogP contribution in [0.1, 0.15) is 29.6 Å². The summed E-state index contributed by atoms with van der Waals surface area (Å²) < 4.78 is 5.39. The van der Waals surface area contributed by atoms with Crippen LogP contribution in [0.2, 0.25) is 5.02 Å². The van der Waals surface area contributed by atoms with Gasteiger partial charge < -0.3 is 9.64 Å². The Morgan fingerprint density at radius 3 is 2.95 bits per heavy atom. The highest BCUT2D eigenvalue weighted by atomic mass is 35.5. The summed E-state index contributed by atoms with van der Waals surface area (Å²) in [6, 6.07) is 2.04. The van der Waals surface area contributed by atoms with Crippen molar-refractivity contribution in [3.63, 3.8) is 0 Å². The van der Waals surface area contributed by atoms with Gasteiger partial charge in [-0.3, -0.25) is 9.78 Å². The lowest BCUT2D eigenvalue weighted by atomic mass is 10.1. The Morgan fingerprint density at radius 1 is 1.47 bits per heavy atom. The maximum Gasteiger partial charge on any atom is 0.257 e. The molecule has 1 aromatic heterocycles. The number of rotatable bonds is 4. The molecule has 1 aliphatic heterocycles. The Kier molecular flexibility index (Phi) is 3.71. The van der Waals surface area contributed by atoms with Crippen LogP contribution in [-0.2, 0) is 4.74 Å². The first-order valence-electron chi connectivity index (χ1n) is 6.74. The van der Waals surface area contributed by atoms with Crippen molar-refractivity contribution in [2.45, 2.75) is 25.3 Å². The van der Waals surface area contributed by atoms with Crippen molar-refractivity contribution in [3.8, 4) is 0 Å². The van der Waals surface area contributed by atoms with Crippen molar-refractivity contribution in [3.05, 3.63) is 29.0 Å². The number of pyridine rings is 1. The SMILES string of the molecule is O=C(c1cnccc1Cl)N(CC1CCOC1)C1CC1. The van der Waals surface area contributed by atoms with E-state index < -0.39 is 0 Å². The fourth-order valence-corrected chi connectivity index (χ4v) is 2.67. The molecule has 0 radical (unpaired) electrons. The lowest BCUT2D eigenvalue weighted by molar-refractivity contribution is 0.0706. The van der Waals surface area contributed by atoms with Crippen molar-refractivity contribution in [1.29, 1.82) is 0 Å². The van der Waals surface area contributed by atoms with E-state index in [1.165, 1.54) is 0 Å². The fraction of sp³-hybridized carbons (Fsp3) is 0.571. The number of nitrogens with zero attached hydrogens (tertiary/aromatic N) is 2. The van der Waals surface area contributed by atoms with E-state index in [-0.39, 0.29) is 5.91 Å². The van der Waals surface area contributed by atoms with Gasteiger partial charge in [0, 0.05) is 37.5 Å². The molecule has 5 heteroatoms. The van der Waals surface area contributed by atoms with Gasteiger partial charge in [-0.05, 0) is 25.3 Å². The Balaban J connectivity index is 1.76. The number of hydrogen-bond donors (Lipinski definition) is 0. The molecule has 1 saturated carbocycles. The van der Waals surface area contributed by atoms with Crippen LogP contribution >= 0.6 is 11.6 Å². The molecule has 2 aliphatic rings. The highest BCUT2D eigenvalue weighted by Gasteiger charge is 2.35. The lowest BCUT2D eigenvalue weighted by Crippen LogP contribution is -2.37. The third kappa shape index (κ3) is 2.90. The van der Waals surface area contributed by atoms with Crippen molar-refractivity contribution in [2.24, 2.45) is 5.92 Å². The van der Waals surface area contributed by atoms with E-state index in [1.54, 1.807) is 18.5 Å². The number of ether oxygens (including phenoxy) is 1. The van der Waals surface area contributed by atoms with E-state index in [0.717, 1.165) is 39.0 Å². The molecule has 1 amide bonds. The predicted octanol–water partition coefficient (Wildman–Crippen LogP) is 2.38. The van der Waals surface area contributed by atoms with E-state index in [4.69, 9.17) is 16.3 Å².